The van der Waals surface area contributed by atoms with Crippen LogP contribution in [0.4, 0.5) is 4.79 Å². The Hall–Kier alpha value is -1.33. The topological polar surface area (TPSA) is 134 Å². The summed E-state index contributed by atoms with van der Waals surface area (Å²) < 4.78 is 43.0. The molecule has 0 heterocycles. The van der Waals surface area contributed by atoms with E-state index in [1.807, 2.05) is 0 Å². The number of carbonyl (C=O) groups is 2. The monoisotopic (exact) mass is 410 g/mol. The molecule has 0 bridgehead atoms. The molecule has 0 aliphatic rings. The fourth-order valence-electron chi connectivity index (χ4n) is 1.89. The van der Waals surface area contributed by atoms with Crippen LogP contribution < -0.4 is 44.9 Å². The number of ether oxygens (including phenoxy) is 2. The molecule has 1 aromatic carbocycles. The molecule has 11 heteroatoms. The summed E-state index contributed by atoms with van der Waals surface area (Å²) in [5.74, 6) is -1.26. The zero-order chi connectivity index (χ0) is 20.0. The third-order valence-electron chi connectivity index (χ3n) is 3.00. The average molecular weight is 410 g/mol. The number of hydrogen-bond donors (Lipinski definition) is 2. The second-order valence-electron chi connectivity index (χ2n) is 6.49. The van der Waals surface area contributed by atoms with Gasteiger partial charge in [-0.25, -0.2) is 13.2 Å². The van der Waals surface area contributed by atoms with Crippen LogP contribution in [0.3, 0.4) is 0 Å². The molecular formula is C16H23N2NaO7S. The van der Waals surface area contributed by atoms with E-state index in [2.05, 4.69) is 10.6 Å². The van der Waals surface area contributed by atoms with Crippen LogP contribution in [0.15, 0.2) is 24.3 Å². The van der Waals surface area contributed by atoms with E-state index >= 15 is 0 Å². The molecule has 0 saturated carbocycles. The maximum atomic E-state index is 12.2. The third kappa shape index (κ3) is 11.2. The van der Waals surface area contributed by atoms with Gasteiger partial charge in [0.25, 0.3) is 0 Å². The van der Waals surface area contributed by atoms with Gasteiger partial charge in [0.1, 0.15) is 17.4 Å². The van der Waals surface area contributed by atoms with Crippen LogP contribution in [0.1, 0.15) is 26.3 Å². The summed E-state index contributed by atoms with van der Waals surface area (Å²) in [5, 5.41) is 4.59. The van der Waals surface area contributed by atoms with E-state index in [-0.39, 0.29) is 36.1 Å². The van der Waals surface area contributed by atoms with E-state index in [1.54, 1.807) is 45.0 Å². The normalized spacial score (nSPS) is 12.3. The van der Waals surface area contributed by atoms with Gasteiger partial charge in [0.05, 0.1) is 23.0 Å². The van der Waals surface area contributed by atoms with Gasteiger partial charge in [-0.2, -0.15) is 0 Å². The Morgan fingerprint density at radius 3 is 2.19 bits per heavy atom. The number of alkyl carbamates (subject to hydrolysis) is 1. The van der Waals surface area contributed by atoms with Crippen LogP contribution in [0.2, 0.25) is 0 Å². The number of benzene rings is 1. The van der Waals surface area contributed by atoms with Gasteiger partial charge in [-0.3, -0.25) is 4.79 Å². The second kappa shape index (κ2) is 10.9. The van der Waals surface area contributed by atoms with Crippen molar-refractivity contribution in [3.63, 3.8) is 0 Å². The van der Waals surface area contributed by atoms with Crippen molar-refractivity contribution in [2.75, 3.05) is 12.9 Å². The molecule has 1 rings (SSSR count). The Morgan fingerprint density at radius 2 is 1.74 bits per heavy atom. The number of hydrogen-bond acceptors (Lipinski definition) is 7. The van der Waals surface area contributed by atoms with Crippen molar-refractivity contribution >= 4 is 22.1 Å². The Bertz CT molecular complexity index is 730. The van der Waals surface area contributed by atoms with Crippen LogP contribution in [0, 0.1) is 0 Å². The smallest absolute Gasteiger partial charge is 0.748 e. The first-order valence-electron chi connectivity index (χ1n) is 7.73. The van der Waals surface area contributed by atoms with Gasteiger partial charge in [0.15, 0.2) is 0 Å². The minimum absolute atomic E-state index is 0. The Balaban J connectivity index is 0.00000676. The minimum Gasteiger partial charge on any atom is -0.748 e. The van der Waals surface area contributed by atoms with Crippen molar-refractivity contribution in [2.45, 2.75) is 39.0 Å². The molecule has 0 unspecified atom stereocenters. The molecule has 0 spiro atoms. The van der Waals surface area contributed by atoms with Crippen LogP contribution in [0.25, 0.3) is 0 Å². The summed E-state index contributed by atoms with van der Waals surface area (Å²) in [6, 6.07) is 5.24. The van der Waals surface area contributed by atoms with Crippen molar-refractivity contribution < 1.29 is 61.6 Å². The van der Waals surface area contributed by atoms with Crippen molar-refractivity contribution in [3.05, 3.63) is 29.8 Å². The second-order valence-corrected chi connectivity index (χ2v) is 7.94. The largest absolute Gasteiger partial charge is 1.00 e. The van der Waals surface area contributed by atoms with Gasteiger partial charge in [0.2, 0.25) is 5.91 Å². The predicted octanol–water partition coefficient (Wildman–Crippen LogP) is -2.25. The van der Waals surface area contributed by atoms with Crippen molar-refractivity contribution in [2.24, 2.45) is 0 Å². The van der Waals surface area contributed by atoms with E-state index in [1.165, 1.54) is 7.11 Å². The van der Waals surface area contributed by atoms with E-state index in [0.29, 0.717) is 5.75 Å². The van der Waals surface area contributed by atoms with Gasteiger partial charge in [-0.05, 0) is 38.5 Å². The molecule has 9 nitrogen and oxygen atoms in total. The van der Waals surface area contributed by atoms with Crippen molar-refractivity contribution in [3.8, 4) is 5.75 Å². The van der Waals surface area contributed by atoms with Gasteiger partial charge >= 0.3 is 35.7 Å². The molecule has 0 fully saturated rings. The molecule has 0 radical (unpaired) electrons. The average Bonchev–Trinajstić information content (AvgIpc) is 2.49. The Morgan fingerprint density at radius 1 is 1.19 bits per heavy atom. The summed E-state index contributed by atoms with van der Waals surface area (Å²) >= 11 is 0. The Kier molecular flexibility index (Phi) is 10.3. The molecule has 1 aromatic rings. The molecule has 1 atom stereocenters. The van der Waals surface area contributed by atoms with Crippen LogP contribution >= 0.6 is 0 Å². The first-order chi connectivity index (χ1) is 11.9. The summed E-state index contributed by atoms with van der Waals surface area (Å²) in [5.41, 5.74) is -0.120. The minimum atomic E-state index is -4.75. The molecule has 146 valence electrons. The van der Waals surface area contributed by atoms with E-state index in [9.17, 15) is 22.6 Å². The molecule has 27 heavy (non-hydrogen) atoms. The summed E-state index contributed by atoms with van der Waals surface area (Å²) in [6.07, 6.45) is -0.995. The van der Waals surface area contributed by atoms with E-state index < -0.39 is 39.5 Å². The molecule has 0 aliphatic heterocycles. The number of carbonyl (C=O) groups excluding carboxylic acids is 2. The fourth-order valence-corrected chi connectivity index (χ4v) is 2.54. The first kappa shape index (κ1) is 25.7. The van der Waals surface area contributed by atoms with Crippen LogP contribution in [-0.2, 0) is 26.2 Å². The molecule has 0 aliphatic carbocycles. The van der Waals surface area contributed by atoms with Gasteiger partial charge in [-0.15, -0.1) is 0 Å². The maximum absolute atomic E-state index is 12.2. The standard InChI is InChI=1S/C16H24N2O7S.Na/c1-16(2,3)25-15(20)18-13(10-26(21,22)23)14(19)17-9-11-5-7-12(24-4)8-6-11;/h5-8,13H,9-10H2,1-4H3,(H,17,19)(H,18,20)(H,21,22,23);/q;+1/p-1/t13-;/m0./s1. The van der Waals surface area contributed by atoms with E-state index in [4.69, 9.17) is 9.47 Å². The summed E-state index contributed by atoms with van der Waals surface area (Å²) in [7, 11) is -3.23. The molecule has 2 N–H and O–H groups in total. The van der Waals surface area contributed by atoms with Crippen molar-refractivity contribution in [1.29, 1.82) is 0 Å². The third-order valence-corrected chi connectivity index (χ3v) is 3.75. The van der Waals surface area contributed by atoms with Crippen LogP contribution in [0.5, 0.6) is 5.75 Å². The molecular weight excluding hydrogens is 387 g/mol. The maximum Gasteiger partial charge on any atom is 1.00 e. The fraction of sp³-hybridized carbons (Fsp3) is 0.500. The quantitative estimate of drug-likeness (QED) is 0.383. The number of nitrogens with one attached hydrogen (secondary N) is 2. The molecule has 0 aromatic heterocycles. The van der Waals surface area contributed by atoms with Crippen molar-refractivity contribution in [1.82, 2.24) is 10.6 Å². The zero-order valence-corrected chi connectivity index (χ0v) is 18.9. The Labute approximate surface area is 181 Å². The molecule has 2 amide bonds. The van der Waals surface area contributed by atoms with Gasteiger partial charge < -0.3 is 24.7 Å². The number of methoxy groups -OCH3 is 1. The van der Waals surface area contributed by atoms with Gasteiger partial charge in [-0.1, -0.05) is 12.1 Å². The SMILES string of the molecule is COc1ccc(CNC(=O)[C@H](CS(=O)(=O)[O-])NC(=O)OC(C)(C)C)cc1.[Na+]. The van der Waals surface area contributed by atoms with Crippen LogP contribution in [-0.4, -0.2) is 49.5 Å². The van der Waals surface area contributed by atoms with E-state index in [0.717, 1.165) is 5.56 Å². The number of amides is 2. The zero-order valence-electron chi connectivity index (χ0n) is 16.1. The first-order valence-corrected chi connectivity index (χ1v) is 9.31. The van der Waals surface area contributed by atoms with Gasteiger partial charge in [0, 0.05) is 6.54 Å². The predicted molar refractivity (Wildman–Crippen MR) is 92.6 cm³/mol. The number of rotatable bonds is 7. The molecule has 0 saturated heterocycles. The summed E-state index contributed by atoms with van der Waals surface area (Å²) in [4.78, 5) is 24.0. The summed E-state index contributed by atoms with van der Waals surface area (Å²) in [6.45, 7) is 4.90.